The molecule has 8 rings (SSSR count). The van der Waals surface area contributed by atoms with E-state index in [1.165, 1.54) is 53.2 Å². The smallest absolute Gasteiger partial charge is 0.312 e. The lowest BCUT2D eigenvalue weighted by Crippen LogP contribution is -2.52. The first-order valence-corrected chi connectivity index (χ1v) is 22.8. The summed E-state index contributed by atoms with van der Waals surface area (Å²) in [6, 6.07) is 3.99. The van der Waals surface area contributed by atoms with Crippen molar-refractivity contribution in [2.45, 2.75) is 111 Å². The number of piperazine rings is 1. The lowest BCUT2D eigenvalue weighted by atomic mass is 9.78. The van der Waals surface area contributed by atoms with Crippen LogP contribution in [0, 0.1) is 30.6 Å². The summed E-state index contributed by atoms with van der Waals surface area (Å²) in [6.07, 6.45) is 5.60. The number of carbonyl (C=O) groups excluding carboxylic acids is 3. The molecule has 1 aliphatic carbocycles. The molecule has 11 atom stereocenters. The summed E-state index contributed by atoms with van der Waals surface area (Å²) in [5, 5.41) is 48.8. The van der Waals surface area contributed by atoms with Crippen LogP contribution in [0.5, 0.6) is 17.2 Å². The number of nitrogens with zero attached hydrogens (tertiary/aromatic N) is 3. The minimum Gasteiger partial charge on any atom is -0.507 e. The van der Waals surface area contributed by atoms with Crippen molar-refractivity contribution in [3.63, 3.8) is 0 Å². The fourth-order valence-corrected chi connectivity index (χ4v) is 10.4. The van der Waals surface area contributed by atoms with E-state index in [2.05, 4.69) is 22.2 Å². The van der Waals surface area contributed by atoms with Crippen LogP contribution in [0.3, 0.4) is 0 Å². The Morgan fingerprint density at radius 1 is 0.955 bits per heavy atom. The second-order valence-electron chi connectivity index (χ2n) is 19.0. The van der Waals surface area contributed by atoms with Crippen molar-refractivity contribution in [2.24, 2.45) is 23.7 Å². The van der Waals surface area contributed by atoms with E-state index in [1.807, 2.05) is 0 Å². The molecule has 2 fully saturated rings. The van der Waals surface area contributed by atoms with E-state index in [0.717, 1.165) is 25.9 Å². The zero-order valence-electron chi connectivity index (χ0n) is 39.4. The van der Waals surface area contributed by atoms with E-state index in [1.54, 1.807) is 52.0 Å². The third kappa shape index (κ3) is 8.19. The molecule has 6 bridgehead atoms. The number of aliphatic hydroxyl groups is 2. The van der Waals surface area contributed by atoms with Crippen LogP contribution in [0.1, 0.15) is 77.2 Å². The number of phenols is 2. The molecule has 0 saturated carbocycles. The number of fused-ring (bicyclic) bond motifs is 4. The molecule has 5 heterocycles. The zero-order chi connectivity index (χ0) is 48.5. The summed E-state index contributed by atoms with van der Waals surface area (Å²) in [7, 11) is 3.56. The number of phenolic OH excluding ortho intramolecular Hbond substituents is 2. The number of aromatic hydroxyl groups is 2. The summed E-state index contributed by atoms with van der Waals surface area (Å²) in [6.45, 7) is 14.0. The van der Waals surface area contributed by atoms with Gasteiger partial charge in [0.25, 0.3) is 11.7 Å². The van der Waals surface area contributed by atoms with Gasteiger partial charge in [-0.1, -0.05) is 45.9 Å². The van der Waals surface area contributed by atoms with Gasteiger partial charge in [-0.2, -0.15) is 0 Å². The number of ether oxygens (including phenoxy) is 4. The first-order valence-electron chi connectivity index (χ1n) is 22.8. The summed E-state index contributed by atoms with van der Waals surface area (Å²) in [5.41, 5.74) is -0.578. The van der Waals surface area contributed by atoms with Crippen molar-refractivity contribution in [3.05, 3.63) is 69.6 Å². The molecule has 1 amide bonds. The van der Waals surface area contributed by atoms with Gasteiger partial charge in [0.15, 0.2) is 11.3 Å². The SMILES string of the molecule is CO[C@H]1/C=C/O[C@@]2(C)Oc3c(C)c(O)c4c(=O)c(c5oc6cc(N7CC8CCC(C7)N8C)cc(O)c6nc-5c4c3C2=O)NC(=O)/C(C)=C\C=C\[C@H](C)[C@H](O)[C@@H](C)[C@@H](O)[C@@H](C)[C@H](OC(C)=O)[C@@H]1C. The number of benzene rings is 3. The normalized spacial score (nSPS) is 32.5. The van der Waals surface area contributed by atoms with E-state index in [4.69, 9.17) is 28.3 Å². The Morgan fingerprint density at radius 3 is 2.30 bits per heavy atom. The molecule has 2 unspecified atom stereocenters. The van der Waals surface area contributed by atoms with E-state index in [0.29, 0.717) is 17.8 Å². The molecule has 2 aromatic rings. The van der Waals surface area contributed by atoms with Gasteiger partial charge < -0.3 is 54.0 Å². The van der Waals surface area contributed by atoms with E-state index < -0.39 is 82.7 Å². The third-order valence-electron chi connectivity index (χ3n) is 14.6. The predicted octanol–water partition coefficient (Wildman–Crippen LogP) is 5.94. The Labute approximate surface area is 388 Å². The number of hydrogen-bond donors (Lipinski definition) is 5. The second kappa shape index (κ2) is 17.9. The first kappa shape index (κ1) is 47.5. The van der Waals surface area contributed by atoms with Crippen molar-refractivity contribution in [1.29, 1.82) is 0 Å². The molecule has 0 aromatic heterocycles. The maximum Gasteiger partial charge on any atom is 0.312 e. The van der Waals surface area contributed by atoms with Crippen LogP contribution in [0.2, 0.25) is 0 Å². The second-order valence-corrected chi connectivity index (χ2v) is 19.0. The van der Waals surface area contributed by atoms with Crippen molar-refractivity contribution < 1.29 is 58.2 Å². The third-order valence-corrected chi connectivity index (χ3v) is 14.6. The number of hydrogen-bond acceptors (Lipinski definition) is 16. The number of aliphatic hydroxyl groups excluding tert-OH is 2. The minimum absolute atomic E-state index is 0.00122. The minimum atomic E-state index is -2.08. The summed E-state index contributed by atoms with van der Waals surface area (Å²) in [5.74, 6) is -7.78. The molecule has 0 radical (unpaired) electrons. The molecule has 5 N–H and O–H groups in total. The predicted molar refractivity (Wildman–Crippen MR) is 249 cm³/mol. The van der Waals surface area contributed by atoms with Crippen LogP contribution in [-0.2, 0) is 23.8 Å². The van der Waals surface area contributed by atoms with Crippen molar-refractivity contribution >= 4 is 50.9 Å². The number of amides is 1. The fourth-order valence-electron chi connectivity index (χ4n) is 10.4. The Balaban J connectivity index is 1.32. The number of methoxy groups -OCH3 is 1. The first-order chi connectivity index (χ1) is 31.7. The standard InChI is InChI=1S/C50H60N4O13/c1-22-12-11-13-23(2)49(62)52-40-44(60)36-35(39-47(40)66-34-19-31(18-32(56)38(34)51-39)54-20-29-14-15-30(21-54)53(29)9)37-46(27(6)43(36)59)67-50(8,48(37)61)64-17-16-33(63-10)24(3)45(65-28(7)55)26(5)42(58)25(4)41(22)57/h11-13,16-19,22,24-26,29-30,33,41-42,45,56-59H,14-15,20-21H2,1-10H3,(H,52,62)/b12-11+,17-16+,23-13-/t22-,24+,25+,26+,29?,30?,33-,41-,42+,45+,50-/m0/s1. The Hall–Kier alpha value is -6.01. The van der Waals surface area contributed by atoms with E-state index >= 15 is 0 Å². The van der Waals surface area contributed by atoms with Gasteiger partial charge in [0.1, 0.15) is 40.3 Å². The van der Waals surface area contributed by atoms with E-state index in [-0.39, 0.29) is 67.2 Å². The van der Waals surface area contributed by atoms with E-state index in [9.17, 15) is 39.6 Å². The highest BCUT2D eigenvalue weighted by Crippen LogP contribution is 2.51. The molecule has 2 aromatic carbocycles. The largest absolute Gasteiger partial charge is 0.507 e. The zero-order valence-corrected chi connectivity index (χ0v) is 39.4. The quantitative estimate of drug-likeness (QED) is 0.0910. The molecule has 2 saturated heterocycles. The highest BCUT2D eigenvalue weighted by molar-refractivity contribution is 6.22. The van der Waals surface area contributed by atoms with Gasteiger partial charge in [-0.25, -0.2) is 4.98 Å². The van der Waals surface area contributed by atoms with Crippen molar-refractivity contribution in [3.8, 4) is 28.7 Å². The molecule has 17 heteroatoms. The maximum absolute atomic E-state index is 14.9. The summed E-state index contributed by atoms with van der Waals surface area (Å²) < 4.78 is 30.5. The average Bonchev–Trinajstić information content (AvgIpc) is 3.65. The molecular formula is C50H60N4O13. The van der Waals surface area contributed by atoms with Crippen molar-refractivity contribution in [1.82, 2.24) is 9.88 Å². The van der Waals surface area contributed by atoms with Gasteiger partial charge in [-0.3, -0.25) is 24.1 Å². The number of allylic oxidation sites excluding steroid dienone is 2. The lowest BCUT2D eigenvalue weighted by Gasteiger charge is -2.40. The van der Waals surface area contributed by atoms with Gasteiger partial charge in [0, 0.05) is 104 Å². The number of esters is 1. The number of aromatic nitrogens is 1. The van der Waals surface area contributed by atoms with Crippen LogP contribution in [0.25, 0.3) is 33.3 Å². The average molecular weight is 925 g/mol. The number of likely N-dealkylation sites (N-methyl/N-ethyl adjacent to an activating group) is 1. The van der Waals surface area contributed by atoms with Crippen LogP contribution < -0.4 is 20.4 Å². The summed E-state index contributed by atoms with van der Waals surface area (Å²) in [4.78, 5) is 65.6. The number of ketones is 1. The molecule has 17 nitrogen and oxygen atoms in total. The van der Waals surface area contributed by atoms with Crippen LogP contribution in [0.4, 0.5) is 11.4 Å². The number of anilines is 2. The molecule has 6 aliphatic rings. The fraction of sp³-hybridized carbons (Fsp3) is 0.500. The van der Waals surface area contributed by atoms with Crippen LogP contribution in [-0.4, -0.2) is 118 Å². The molecule has 0 spiro atoms. The Kier molecular flexibility index (Phi) is 12.7. The number of rotatable bonds is 3. The highest BCUT2D eigenvalue weighted by atomic mass is 16.7. The summed E-state index contributed by atoms with van der Waals surface area (Å²) >= 11 is 0. The van der Waals surface area contributed by atoms with Crippen LogP contribution in [0.15, 0.2) is 57.5 Å². The van der Waals surface area contributed by atoms with Gasteiger partial charge in [-0.05, 0) is 39.8 Å². The Morgan fingerprint density at radius 2 is 1.64 bits per heavy atom. The van der Waals surface area contributed by atoms with Gasteiger partial charge in [0.2, 0.25) is 5.43 Å². The molecular weight excluding hydrogens is 865 g/mol. The number of nitrogens with one attached hydrogen (secondary N) is 1. The molecule has 5 aliphatic heterocycles. The number of carbonyl (C=O) groups is 3. The molecule has 358 valence electrons. The Bertz CT molecular complexity index is 2770. The van der Waals surface area contributed by atoms with Gasteiger partial charge in [-0.15, -0.1) is 0 Å². The molecule has 67 heavy (non-hydrogen) atoms. The van der Waals surface area contributed by atoms with Gasteiger partial charge in [0.05, 0.1) is 35.5 Å². The topological polar surface area (TPSA) is 231 Å². The van der Waals surface area contributed by atoms with Crippen molar-refractivity contribution in [2.75, 3.05) is 37.5 Å². The lowest BCUT2D eigenvalue weighted by molar-refractivity contribution is -0.160. The monoisotopic (exact) mass is 924 g/mol. The van der Waals surface area contributed by atoms with Gasteiger partial charge >= 0.3 is 11.8 Å². The maximum atomic E-state index is 14.9. The van der Waals surface area contributed by atoms with Crippen LogP contribution >= 0.6 is 0 Å². The highest BCUT2D eigenvalue weighted by Gasteiger charge is 2.50. The number of Topliss-reactive ketones (excluding diaryl/α,β-unsaturated/α-hetero) is 1.